The van der Waals surface area contributed by atoms with Gasteiger partial charge in [0.05, 0.1) is 18.8 Å². The number of rotatable bonds is 5. The Hall–Kier alpha value is -0.590. The summed E-state index contributed by atoms with van der Waals surface area (Å²) in [4.78, 5) is 2.25. The molecule has 3 heteroatoms. The van der Waals surface area contributed by atoms with Crippen LogP contribution in [0.1, 0.15) is 13.3 Å². The van der Waals surface area contributed by atoms with Crippen molar-refractivity contribution in [2.45, 2.75) is 19.4 Å². The minimum absolute atomic E-state index is 0.452. The summed E-state index contributed by atoms with van der Waals surface area (Å²) in [5.74, 6) is 0. The van der Waals surface area contributed by atoms with Gasteiger partial charge in [-0.15, -0.1) is 0 Å². The first-order valence-electron chi connectivity index (χ1n) is 4.07. The van der Waals surface area contributed by atoms with Crippen molar-refractivity contribution in [2.24, 2.45) is 0 Å². The van der Waals surface area contributed by atoms with Gasteiger partial charge < -0.3 is 4.74 Å². The van der Waals surface area contributed by atoms with E-state index < -0.39 is 0 Å². The molecule has 1 saturated heterocycles. The average molecular weight is 154 g/mol. The van der Waals surface area contributed by atoms with Crippen molar-refractivity contribution in [2.75, 3.05) is 26.2 Å². The summed E-state index contributed by atoms with van der Waals surface area (Å²) < 4.78 is 5.10. The molecule has 0 aromatic rings. The Morgan fingerprint density at radius 2 is 2.45 bits per heavy atom. The molecule has 0 saturated carbocycles. The predicted molar refractivity (Wildman–Crippen MR) is 42.1 cm³/mol. The molecule has 1 atom stereocenters. The number of epoxide rings is 1. The summed E-state index contributed by atoms with van der Waals surface area (Å²) in [6.07, 6.45) is 1.08. The normalized spacial score (nSPS) is 21.7. The number of nitriles is 1. The van der Waals surface area contributed by atoms with Crippen LogP contribution >= 0.6 is 0 Å². The quantitative estimate of drug-likeness (QED) is 0.545. The first-order valence-corrected chi connectivity index (χ1v) is 4.07. The molecule has 1 aliphatic heterocycles. The average Bonchev–Trinajstić information content (AvgIpc) is 2.81. The van der Waals surface area contributed by atoms with Crippen molar-refractivity contribution in [1.29, 1.82) is 5.26 Å². The SMILES string of the molecule is CCN(CCC#N)CC1CO1. The molecule has 3 nitrogen and oxygen atoms in total. The second-order valence-electron chi connectivity index (χ2n) is 2.76. The van der Waals surface area contributed by atoms with Crippen molar-refractivity contribution in [3.8, 4) is 6.07 Å². The zero-order chi connectivity index (χ0) is 8.10. The summed E-state index contributed by atoms with van der Waals surface area (Å²) in [6.45, 7) is 5.91. The lowest BCUT2D eigenvalue weighted by Gasteiger charge is -2.16. The third-order valence-electron chi connectivity index (χ3n) is 1.85. The summed E-state index contributed by atoms with van der Waals surface area (Å²) in [7, 11) is 0. The second kappa shape index (κ2) is 4.32. The van der Waals surface area contributed by atoms with E-state index in [1.807, 2.05) is 0 Å². The second-order valence-corrected chi connectivity index (χ2v) is 2.76. The number of hydrogen-bond donors (Lipinski definition) is 0. The zero-order valence-corrected chi connectivity index (χ0v) is 6.92. The predicted octanol–water partition coefficient (Wildman–Crippen LogP) is 0.621. The Balaban J connectivity index is 2.08. The van der Waals surface area contributed by atoms with Gasteiger partial charge in [0, 0.05) is 19.5 Å². The van der Waals surface area contributed by atoms with E-state index in [0.717, 1.165) is 26.2 Å². The fourth-order valence-corrected chi connectivity index (χ4v) is 1.05. The molecular formula is C8H14N2O. The van der Waals surface area contributed by atoms with Gasteiger partial charge in [-0.1, -0.05) is 6.92 Å². The molecule has 1 aliphatic rings. The Kier molecular flexibility index (Phi) is 3.34. The van der Waals surface area contributed by atoms with Gasteiger partial charge in [0.15, 0.2) is 0 Å². The fraction of sp³-hybridized carbons (Fsp3) is 0.875. The molecular weight excluding hydrogens is 140 g/mol. The van der Waals surface area contributed by atoms with Crippen LogP contribution in [0.15, 0.2) is 0 Å². The van der Waals surface area contributed by atoms with E-state index in [9.17, 15) is 0 Å². The Labute approximate surface area is 67.6 Å². The largest absolute Gasteiger partial charge is 0.372 e. The van der Waals surface area contributed by atoms with E-state index in [1.54, 1.807) is 0 Å². The van der Waals surface area contributed by atoms with Crippen LogP contribution in [0.2, 0.25) is 0 Å². The summed E-state index contributed by atoms with van der Waals surface area (Å²) in [6, 6.07) is 2.14. The maximum atomic E-state index is 8.35. The molecule has 11 heavy (non-hydrogen) atoms. The van der Waals surface area contributed by atoms with Crippen LogP contribution in [0.5, 0.6) is 0 Å². The van der Waals surface area contributed by atoms with Crippen molar-refractivity contribution in [3.05, 3.63) is 0 Å². The van der Waals surface area contributed by atoms with Gasteiger partial charge in [0.25, 0.3) is 0 Å². The van der Waals surface area contributed by atoms with E-state index in [4.69, 9.17) is 10.00 Å². The lowest BCUT2D eigenvalue weighted by atomic mass is 10.3. The first kappa shape index (κ1) is 8.51. The maximum absolute atomic E-state index is 8.35. The molecule has 0 spiro atoms. The van der Waals surface area contributed by atoms with Gasteiger partial charge in [0.1, 0.15) is 0 Å². The maximum Gasteiger partial charge on any atom is 0.0936 e. The molecule has 0 bridgehead atoms. The molecule has 0 radical (unpaired) electrons. The highest BCUT2D eigenvalue weighted by atomic mass is 16.6. The molecule has 62 valence electrons. The van der Waals surface area contributed by atoms with Crippen molar-refractivity contribution < 1.29 is 4.74 Å². The van der Waals surface area contributed by atoms with Crippen molar-refractivity contribution >= 4 is 0 Å². The smallest absolute Gasteiger partial charge is 0.0936 e. The highest BCUT2D eigenvalue weighted by molar-refractivity contribution is 4.77. The summed E-state index contributed by atoms with van der Waals surface area (Å²) in [5, 5.41) is 8.35. The number of hydrogen-bond acceptors (Lipinski definition) is 3. The van der Waals surface area contributed by atoms with Gasteiger partial charge in [-0.05, 0) is 6.54 Å². The monoisotopic (exact) mass is 154 g/mol. The van der Waals surface area contributed by atoms with Gasteiger partial charge in [-0.25, -0.2) is 0 Å². The van der Waals surface area contributed by atoms with Crippen LogP contribution in [0.4, 0.5) is 0 Å². The molecule has 1 fully saturated rings. The first-order chi connectivity index (χ1) is 5.36. The van der Waals surface area contributed by atoms with E-state index >= 15 is 0 Å². The van der Waals surface area contributed by atoms with E-state index in [1.165, 1.54) is 0 Å². The van der Waals surface area contributed by atoms with Gasteiger partial charge in [0.2, 0.25) is 0 Å². The Morgan fingerprint density at radius 3 is 2.91 bits per heavy atom. The van der Waals surface area contributed by atoms with E-state index in [-0.39, 0.29) is 0 Å². The molecule has 0 aliphatic carbocycles. The summed E-state index contributed by atoms with van der Waals surface area (Å²) in [5.41, 5.74) is 0. The van der Waals surface area contributed by atoms with Crippen LogP contribution < -0.4 is 0 Å². The molecule has 0 aromatic heterocycles. The minimum Gasteiger partial charge on any atom is -0.372 e. The van der Waals surface area contributed by atoms with Crippen LogP contribution in [-0.4, -0.2) is 37.2 Å². The number of likely N-dealkylation sites (N-methyl/N-ethyl adjacent to an activating group) is 1. The highest BCUT2D eigenvalue weighted by Gasteiger charge is 2.24. The number of nitrogens with zero attached hydrogens (tertiary/aromatic N) is 2. The van der Waals surface area contributed by atoms with Gasteiger partial charge in [-0.2, -0.15) is 5.26 Å². The molecule has 1 unspecified atom stereocenters. The lowest BCUT2D eigenvalue weighted by Crippen LogP contribution is -2.28. The van der Waals surface area contributed by atoms with Crippen molar-refractivity contribution in [3.63, 3.8) is 0 Å². The zero-order valence-electron chi connectivity index (χ0n) is 6.92. The molecule has 0 N–H and O–H groups in total. The van der Waals surface area contributed by atoms with Gasteiger partial charge >= 0.3 is 0 Å². The van der Waals surface area contributed by atoms with Crippen molar-refractivity contribution in [1.82, 2.24) is 4.90 Å². The molecule has 0 amide bonds. The van der Waals surface area contributed by atoms with E-state index in [2.05, 4.69) is 17.9 Å². The summed E-state index contributed by atoms with van der Waals surface area (Å²) >= 11 is 0. The third-order valence-corrected chi connectivity index (χ3v) is 1.85. The Bertz CT molecular complexity index is 149. The fourth-order valence-electron chi connectivity index (χ4n) is 1.05. The highest BCUT2D eigenvalue weighted by Crippen LogP contribution is 2.10. The van der Waals surface area contributed by atoms with Crippen LogP contribution in [0, 0.1) is 11.3 Å². The topological polar surface area (TPSA) is 39.6 Å². The van der Waals surface area contributed by atoms with E-state index in [0.29, 0.717) is 12.5 Å². The van der Waals surface area contributed by atoms with Gasteiger partial charge in [-0.3, -0.25) is 4.90 Å². The van der Waals surface area contributed by atoms with Crippen LogP contribution in [0.25, 0.3) is 0 Å². The number of ether oxygens (including phenoxy) is 1. The lowest BCUT2D eigenvalue weighted by molar-refractivity contribution is 0.257. The van der Waals surface area contributed by atoms with Crippen LogP contribution in [-0.2, 0) is 4.74 Å². The third kappa shape index (κ3) is 3.35. The Morgan fingerprint density at radius 1 is 1.73 bits per heavy atom. The minimum atomic E-state index is 0.452. The molecule has 0 aromatic carbocycles. The standard InChI is InChI=1S/C8H14N2O/c1-2-10(5-3-4-9)6-8-7-11-8/h8H,2-3,5-7H2,1H3. The molecule has 1 rings (SSSR count). The van der Waals surface area contributed by atoms with Crippen LogP contribution in [0.3, 0.4) is 0 Å². The molecule has 1 heterocycles.